The molecule has 1 aromatic heterocycles. The van der Waals surface area contributed by atoms with Crippen molar-refractivity contribution >= 4 is 11.7 Å². The summed E-state index contributed by atoms with van der Waals surface area (Å²) < 4.78 is 5.41. The monoisotopic (exact) mass is 336 g/mol. The van der Waals surface area contributed by atoms with Crippen LogP contribution in [0.25, 0.3) is 0 Å². The van der Waals surface area contributed by atoms with Crippen molar-refractivity contribution in [1.82, 2.24) is 10.3 Å². The van der Waals surface area contributed by atoms with Gasteiger partial charge in [0.2, 0.25) is 0 Å². The summed E-state index contributed by atoms with van der Waals surface area (Å²) in [4.78, 5) is 29.1. The molecule has 5 heteroatoms. The zero-order valence-electron chi connectivity index (χ0n) is 14.2. The fourth-order valence-corrected chi connectivity index (χ4v) is 3.81. The molecule has 1 amide bonds. The van der Waals surface area contributed by atoms with E-state index in [4.69, 9.17) is 4.74 Å². The average Bonchev–Trinajstić information content (AvgIpc) is 3.05. The van der Waals surface area contributed by atoms with Crippen LogP contribution in [0.2, 0.25) is 0 Å². The summed E-state index contributed by atoms with van der Waals surface area (Å²) in [6.45, 7) is 0. The van der Waals surface area contributed by atoms with E-state index >= 15 is 0 Å². The van der Waals surface area contributed by atoms with Crippen LogP contribution in [0.1, 0.15) is 62.8 Å². The topological polar surface area (TPSA) is 68.3 Å². The number of methoxy groups -OCH3 is 1. The van der Waals surface area contributed by atoms with E-state index < -0.39 is 0 Å². The molecule has 2 aliphatic rings. The highest BCUT2D eigenvalue weighted by molar-refractivity contribution is 6.01. The van der Waals surface area contributed by atoms with Gasteiger partial charge in [-0.25, -0.2) is 0 Å². The molecule has 0 spiro atoms. The quantitative estimate of drug-likeness (QED) is 0.935. The molecule has 25 heavy (non-hydrogen) atoms. The molecule has 0 fully saturated rings. The number of nitrogens with zero attached hydrogens (tertiary/aromatic N) is 1. The number of carbonyl (C=O) groups is 2. The van der Waals surface area contributed by atoms with E-state index in [-0.39, 0.29) is 17.7 Å². The Labute approximate surface area is 146 Å². The van der Waals surface area contributed by atoms with Crippen molar-refractivity contribution in [3.8, 4) is 5.75 Å². The van der Waals surface area contributed by atoms with E-state index in [0.29, 0.717) is 17.5 Å². The third kappa shape index (κ3) is 2.80. The number of pyridine rings is 1. The summed E-state index contributed by atoms with van der Waals surface area (Å²) in [6, 6.07) is 7.58. The van der Waals surface area contributed by atoms with Crippen LogP contribution >= 0.6 is 0 Å². The Morgan fingerprint density at radius 2 is 2.16 bits per heavy atom. The zero-order chi connectivity index (χ0) is 17.4. The number of aryl methyl sites for hydroxylation is 1. The molecule has 128 valence electrons. The van der Waals surface area contributed by atoms with Gasteiger partial charge in [-0.05, 0) is 48.9 Å². The van der Waals surface area contributed by atoms with Crippen LogP contribution in [0.5, 0.6) is 5.75 Å². The van der Waals surface area contributed by atoms with Gasteiger partial charge in [0.25, 0.3) is 5.91 Å². The van der Waals surface area contributed by atoms with Crippen molar-refractivity contribution in [1.29, 1.82) is 0 Å². The molecule has 0 saturated carbocycles. The van der Waals surface area contributed by atoms with E-state index in [1.54, 1.807) is 19.4 Å². The lowest BCUT2D eigenvalue weighted by Crippen LogP contribution is -2.28. The third-order valence-corrected chi connectivity index (χ3v) is 5.10. The molecule has 1 heterocycles. The maximum Gasteiger partial charge on any atom is 0.253 e. The van der Waals surface area contributed by atoms with Gasteiger partial charge in [-0.3, -0.25) is 14.6 Å². The van der Waals surface area contributed by atoms with Crippen LogP contribution in [0.3, 0.4) is 0 Å². The van der Waals surface area contributed by atoms with Gasteiger partial charge in [-0.15, -0.1) is 0 Å². The van der Waals surface area contributed by atoms with Crippen LogP contribution in [0, 0.1) is 0 Å². The second-order valence-electron chi connectivity index (χ2n) is 6.59. The number of nitrogens with one attached hydrogen (secondary N) is 1. The first-order valence-corrected chi connectivity index (χ1v) is 8.66. The molecule has 1 atom stereocenters. The summed E-state index contributed by atoms with van der Waals surface area (Å²) in [7, 11) is 1.66. The molecule has 0 saturated heterocycles. The Hall–Kier alpha value is -2.69. The van der Waals surface area contributed by atoms with Crippen LogP contribution < -0.4 is 10.1 Å². The predicted molar refractivity (Wildman–Crippen MR) is 93.0 cm³/mol. The number of amides is 1. The van der Waals surface area contributed by atoms with Gasteiger partial charge in [0.1, 0.15) is 5.75 Å². The summed E-state index contributed by atoms with van der Waals surface area (Å²) in [6.07, 6.45) is 5.48. The van der Waals surface area contributed by atoms with Gasteiger partial charge >= 0.3 is 0 Å². The first-order chi connectivity index (χ1) is 12.2. The minimum absolute atomic E-state index is 0.0377. The summed E-state index contributed by atoms with van der Waals surface area (Å²) in [5.74, 6) is 0.768. The van der Waals surface area contributed by atoms with E-state index in [0.717, 1.165) is 48.3 Å². The number of carbonyl (C=O) groups excluding carboxylic acids is 2. The van der Waals surface area contributed by atoms with Gasteiger partial charge in [-0.2, -0.15) is 0 Å². The van der Waals surface area contributed by atoms with Gasteiger partial charge in [0.15, 0.2) is 5.78 Å². The predicted octanol–water partition coefficient (Wildman–Crippen LogP) is 3.03. The Morgan fingerprint density at radius 3 is 3.00 bits per heavy atom. The second kappa shape index (κ2) is 6.31. The summed E-state index contributed by atoms with van der Waals surface area (Å²) in [5, 5.41) is 3.08. The summed E-state index contributed by atoms with van der Waals surface area (Å²) in [5.41, 5.74) is 4.13. The molecule has 1 unspecified atom stereocenters. The number of benzene rings is 1. The molecular formula is C20H20N2O3. The first-order valence-electron chi connectivity index (χ1n) is 8.66. The van der Waals surface area contributed by atoms with Crippen LogP contribution in [-0.2, 0) is 12.8 Å². The molecule has 5 nitrogen and oxygen atoms in total. The molecule has 0 bridgehead atoms. The SMILES string of the molecule is COc1cccc2c1CCC2NC(=O)c1cnc2c(c1)C(=O)CCC2. The molecular weight excluding hydrogens is 316 g/mol. The number of ketones is 1. The molecule has 0 aliphatic heterocycles. The van der Waals surface area contributed by atoms with Gasteiger partial charge < -0.3 is 10.1 Å². The standard InChI is InChI=1S/C20H20N2O3/c1-25-19-7-2-4-13-14(19)8-9-17(13)22-20(24)12-10-15-16(21-11-12)5-3-6-18(15)23/h2,4,7,10-11,17H,3,5-6,8-9H2,1H3,(H,22,24). The van der Waals surface area contributed by atoms with E-state index in [9.17, 15) is 9.59 Å². The highest BCUT2D eigenvalue weighted by Crippen LogP contribution is 2.36. The minimum Gasteiger partial charge on any atom is -0.496 e. The Kier molecular flexibility index (Phi) is 3.99. The minimum atomic E-state index is -0.186. The lowest BCUT2D eigenvalue weighted by Gasteiger charge is -2.17. The number of rotatable bonds is 3. The van der Waals surface area contributed by atoms with Gasteiger partial charge in [-0.1, -0.05) is 12.1 Å². The fourth-order valence-electron chi connectivity index (χ4n) is 3.81. The van der Waals surface area contributed by atoms with Gasteiger partial charge in [0, 0.05) is 18.2 Å². The van der Waals surface area contributed by atoms with Crippen molar-refractivity contribution in [2.24, 2.45) is 0 Å². The maximum absolute atomic E-state index is 12.7. The lowest BCUT2D eigenvalue weighted by molar-refractivity contribution is 0.0936. The first kappa shape index (κ1) is 15.8. The third-order valence-electron chi connectivity index (χ3n) is 5.10. The summed E-state index contributed by atoms with van der Waals surface area (Å²) >= 11 is 0. The number of hydrogen-bond donors (Lipinski definition) is 1. The number of hydrogen-bond acceptors (Lipinski definition) is 4. The lowest BCUT2D eigenvalue weighted by atomic mass is 9.94. The van der Waals surface area contributed by atoms with Crippen molar-refractivity contribution < 1.29 is 14.3 Å². The van der Waals surface area contributed by atoms with E-state index in [1.807, 2.05) is 18.2 Å². The van der Waals surface area contributed by atoms with Crippen LogP contribution in [-0.4, -0.2) is 23.8 Å². The Bertz CT molecular complexity index is 860. The normalized spacial score (nSPS) is 18.4. The van der Waals surface area contributed by atoms with E-state index in [1.165, 1.54) is 0 Å². The van der Waals surface area contributed by atoms with Crippen molar-refractivity contribution in [3.63, 3.8) is 0 Å². The number of fused-ring (bicyclic) bond motifs is 2. The maximum atomic E-state index is 12.7. The Morgan fingerprint density at radius 1 is 1.28 bits per heavy atom. The zero-order valence-corrected chi connectivity index (χ0v) is 14.2. The number of Topliss-reactive ketones (excluding diaryl/α,β-unsaturated/α-hetero) is 1. The largest absolute Gasteiger partial charge is 0.496 e. The van der Waals surface area contributed by atoms with Crippen LogP contribution in [0.4, 0.5) is 0 Å². The highest BCUT2D eigenvalue weighted by atomic mass is 16.5. The fraction of sp³-hybridized carbons (Fsp3) is 0.350. The average molecular weight is 336 g/mol. The smallest absolute Gasteiger partial charge is 0.253 e. The number of ether oxygens (including phenoxy) is 1. The molecule has 1 N–H and O–H groups in total. The van der Waals surface area contributed by atoms with Crippen molar-refractivity contribution in [3.05, 3.63) is 58.4 Å². The number of aromatic nitrogens is 1. The van der Waals surface area contributed by atoms with Crippen LogP contribution in [0.15, 0.2) is 30.5 Å². The second-order valence-corrected chi connectivity index (χ2v) is 6.59. The molecule has 1 aromatic carbocycles. The van der Waals surface area contributed by atoms with E-state index in [2.05, 4.69) is 10.3 Å². The van der Waals surface area contributed by atoms with Crippen molar-refractivity contribution in [2.45, 2.75) is 38.1 Å². The molecule has 4 rings (SSSR count). The Balaban J connectivity index is 1.56. The molecule has 0 radical (unpaired) electrons. The van der Waals surface area contributed by atoms with Gasteiger partial charge in [0.05, 0.1) is 24.4 Å². The molecule has 2 aromatic rings. The highest BCUT2D eigenvalue weighted by Gasteiger charge is 2.27. The van der Waals surface area contributed by atoms with Crippen molar-refractivity contribution in [2.75, 3.05) is 7.11 Å². The molecule has 2 aliphatic carbocycles.